The molecule has 0 unspecified atom stereocenters. The maximum absolute atomic E-state index is 14.1. The van der Waals surface area contributed by atoms with Gasteiger partial charge >= 0.3 is 12.2 Å². The monoisotopic (exact) mass is 669 g/mol. The second kappa shape index (κ2) is 14.1. The first-order valence-corrected chi connectivity index (χ1v) is 17.6. The van der Waals surface area contributed by atoms with E-state index in [2.05, 4.69) is 13.0 Å². The van der Waals surface area contributed by atoms with Crippen LogP contribution >= 0.6 is 0 Å². The van der Waals surface area contributed by atoms with E-state index >= 15 is 0 Å². The van der Waals surface area contributed by atoms with Crippen LogP contribution < -0.4 is 9.64 Å². The van der Waals surface area contributed by atoms with Gasteiger partial charge in [-0.05, 0) is 93.7 Å². The second-order valence-corrected chi connectivity index (χ2v) is 14.5. The van der Waals surface area contributed by atoms with Crippen molar-refractivity contribution in [2.75, 3.05) is 18.1 Å². The number of ether oxygens (including phenoxy) is 3. The summed E-state index contributed by atoms with van der Waals surface area (Å²) in [5.74, 6) is 0.761. The van der Waals surface area contributed by atoms with E-state index < -0.39 is 16.6 Å². The molecule has 1 saturated heterocycles. The molecule has 2 amide bonds. The number of rotatable bonds is 9. The smallest absolute Gasteiger partial charge is 0.419 e. The molecule has 1 saturated carbocycles. The lowest BCUT2D eigenvalue weighted by Crippen LogP contribution is -2.62. The molecule has 0 radical (unpaired) electrons. The zero-order valence-corrected chi connectivity index (χ0v) is 29.0. The first kappa shape index (κ1) is 34.3. The number of carbonyl (C=O) groups is 2. The van der Waals surface area contributed by atoms with E-state index in [9.17, 15) is 19.7 Å². The Hall–Kier alpha value is -4.60. The summed E-state index contributed by atoms with van der Waals surface area (Å²) in [5.41, 5.74) is 2.40. The lowest BCUT2D eigenvalue weighted by Gasteiger charge is -2.58. The summed E-state index contributed by atoms with van der Waals surface area (Å²) >= 11 is 0. The minimum absolute atomic E-state index is 0.0782. The van der Waals surface area contributed by atoms with Gasteiger partial charge in [-0.25, -0.2) is 14.5 Å². The van der Waals surface area contributed by atoms with Gasteiger partial charge in [-0.15, -0.1) is 0 Å². The lowest BCUT2D eigenvalue weighted by molar-refractivity contribution is -0.384. The van der Waals surface area contributed by atoms with Gasteiger partial charge in [0, 0.05) is 24.1 Å². The average Bonchev–Trinajstić information content (AvgIpc) is 3.07. The Morgan fingerprint density at radius 3 is 2.51 bits per heavy atom. The average molecular weight is 670 g/mol. The van der Waals surface area contributed by atoms with E-state index in [1.165, 1.54) is 16.5 Å². The number of amides is 2. The molecule has 0 spiro atoms. The Kier molecular flexibility index (Phi) is 9.86. The van der Waals surface area contributed by atoms with Gasteiger partial charge in [0.05, 0.1) is 17.2 Å². The molecule has 10 heteroatoms. The summed E-state index contributed by atoms with van der Waals surface area (Å²) in [5, 5.41) is 12.3. The Labute approximate surface area is 288 Å². The molecule has 3 atom stereocenters. The molecule has 49 heavy (non-hydrogen) atoms. The van der Waals surface area contributed by atoms with Gasteiger partial charge in [-0.3, -0.25) is 10.1 Å². The van der Waals surface area contributed by atoms with Crippen LogP contribution in [0.25, 0.3) is 0 Å². The van der Waals surface area contributed by atoms with Crippen LogP contribution in [0.2, 0.25) is 0 Å². The van der Waals surface area contributed by atoms with Crippen LogP contribution in [0.15, 0.2) is 66.7 Å². The minimum Gasteiger partial charge on any atom is -0.491 e. The van der Waals surface area contributed by atoms with Crippen molar-refractivity contribution in [3.8, 4) is 5.75 Å². The van der Waals surface area contributed by atoms with Crippen LogP contribution in [0, 0.1) is 16.0 Å². The molecule has 3 aromatic rings. The number of para-hydroxylation sites is 2. The summed E-state index contributed by atoms with van der Waals surface area (Å²) in [6.45, 7) is 8.62. The topological polar surface area (TPSA) is 111 Å². The SMILES string of the molecule is CCCCOc1cc2c(cc1N(C(=O)OC(C)(C)C)c1ccccc1[N+](=O)[O-])C[C@H]1[C@H]3CCCC[C@@]23CCN1C(=O)OCc1ccccc1. The number of benzene rings is 3. The maximum atomic E-state index is 14.1. The Morgan fingerprint density at radius 1 is 1.02 bits per heavy atom. The van der Waals surface area contributed by atoms with Crippen molar-refractivity contribution in [3.63, 3.8) is 0 Å². The Morgan fingerprint density at radius 2 is 1.78 bits per heavy atom. The van der Waals surface area contributed by atoms with Crippen molar-refractivity contribution in [2.45, 2.75) is 103 Å². The number of fused-ring (bicyclic) bond motifs is 1. The fraction of sp³-hybridized carbons (Fsp3) is 0.487. The summed E-state index contributed by atoms with van der Waals surface area (Å²) in [6.07, 6.45) is 6.27. The summed E-state index contributed by atoms with van der Waals surface area (Å²) in [6, 6.07) is 19.9. The van der Waals surface area contributed by atoms with E-state index in [4.69, 9.17) is 14.2 Å². The normalized spacial score (nSPS) is 21.2. The van der Waals surface area contributed by atoms with Crippen LogP contribution in [0.1, 0.15) is 89.3 Å². The quantitative estimate of drug-likeness (QED) is 0.127. The number of likely N-dealkylation sites (tertiary alicyclic amines) is 1. The first-order chi connectivity index (χ1) is 23.5. The molecule has 3 aliphatic rings. The van der Waals surface area contributed by atoms with Crippen molar-refractivity contribution in [2.24, 2.45) is 5.92 Å². The molecule has 0 N–H and O–H groups in total. The molecular weight excluding hydrogens is 622 g/mol. The highest BCUT2D eigenvalue weighted by atomic mass is 16.6. The number of hydrogen-bond acceptors (Lipinski definition) is 7. The van der Waals surface area contributed by atoms with Gasteiger partial charge in [-0.1, -0.05) is 68.7 Å². The van der Waals surface area contributed by atoms with E-state index in [-0.39, 0.29) is 41.4 Å². The minimum atomic E-state index is -0.859. The summed E-state index contributed by atoms with van der Waals surface area (Å²) in [7, 11) is 0. The molecule has 3 aromatic carbocycles. The fourth-order valence-electron chi connectivity index (χ4n) is 8.12. The van der Waals surface area contributed by atoms with Crippen molar-refractivity contribution in [1.29, 1.82) is 0 Å². The number of piperidine rings is 1. The Bertz CT molecular complexity index is 1690. The molecule has 2 bridgehead atoms. The predicted molar refractivity (Wildman–Crippen MR) is 187 cm³/mol. The largest absolute Gasteiger partial charge is 0.491 e. The Balaban J connectivity index is 1.46. The van der Waals surface area contributed by atoms with Crippen LogP contribution in [0.4, 0.5) is 26.7 Å². The number of carbonyl (C=O) groups excluding carboxylic acids is 2. The zero-order chi connectivity index (χ0) is 34.8. The van der Waals surface area contributed by atoms with Gasteiger partial charge in [0.25, 0.3) is 5.69 Å². The number of nitro benzene ring substituents is 1. The number of anilines is 2. The third-order valence-electron chi connectivity index (χ3n) is 10.2. The molecule has 1 heterocycles. The highest BCUT2D eigenvalue weighted by Crippen LogP contribution is 2.57. The van der Waals surface area contributed by atoms with Gasteiger partial charge in [0.15, 0.2) is 0 Å². The molecular formula is C39H47N3O7. The number of nitro groups is 1. The van der Waals surface area contributed by atoms with Gasteiger partial charge in [0.1, 0.15) is 23.6 Å². The van der Waals surface area contributed by atoms with Crippen molar-refractivity contribution < 1.29 is 28.7 Å². The highest BCUT2D eigenvalue weighted by Gasteiger charge is 2.55. The van der Waals surface area contributed by atoms with Gasteiger partial charge in [0.2, 0.25) is 0 Å². The fourth-order valence-corrected chi connectivity index (χ4v) is 8.12. The molecule has 10 nitrogen and oxygen atoms in total. The standard InChI is InChI=1S/C39H47N3O7/c1-5-6-22-47-35-25-30-28(24-34(35)41(37(44)49-38(2,3)4)31-17-10-11-18-32(31)42(45)46)23-33-29-16-12-13-19-39(29,30)20-21-40(33)36(43)48-26-27-14-8-7-9-15-27/h7-11,14-15,17-18,24-25,29,33H,5-6,12-13,16,19-23,26H2,1-4H3/t29-,33+,39+/m1/s1. The predicted octanol–water partition coefficient (Wildman–Crippen LogP) is 9.24. The molecule has 0 aromatic heterocycles. The first-order valence-electron chi connectivity index (χ1n) is 17.6. The highest BCUT2D eigenvalue weighted by molar-refractivity contribution is 6.00. The molecule has 6 rings (SSSR count). The lowest BCUT2D eigenvalue weighted by atomic mass is 9.52. The molecule has 1 aliphatic heterocycles. The van der Waals surface area contributed by atoms with Crippen LogP contribution in [0.3, 0.4) is 0 Å². The van der Waals surface area contributed by atoms with E-state index in [0.717, 1.165) is 56.1 Å². The molecule has 260 valence electrons. The number of unbranched alkanes of at least 4 members (excludes halogenated alkanes) is 1. The van der Waals surface area contributed by atoms with E-state index in [1.807, 2.05) is 41.3 Å². The van der Waals surface area contributed by atoms with Crippen LogP contribution in [-0.4, -0.2) is 46.8 Å². The van der Waals surface area contributed by atoms with Gasteiger partial charge < -0.3 is 19.1 Å². The van der Waals surface area contributed by atoms with Crippen molar-refractivity contribution >= 4 is 29.2 Å². The van der Waals surface area contributed by atoms with Crippen molar-refractivity contribution in [3.05, 3.63) is 93.5 Å². The number of nitrogens with zero attached hydrogens (tertiary/aromatic N) is 3. The molecule has 2 fully saturated rings. The number of hydrogen-bond donors (Lipinski definition) is 0. The maximum Gasteiger partial charge on any atom is 0.419 e. The van der Waals surface area contributed by atoms with E-state index in [1.54, 1.807) is 39.0 Å². The van der Waals surface area contributed by atoms with Crippen molar-refractivity contribution in [1.82, 2.24) is 4.90 Å². The zero-order valence-electron chi connectivity index (χ0n) is 29.0. The van der Waals surface area contributed by atoms with Crippen LogP contribution in [-0.2, 0) is 27.9 Å². The van der Waals surface area contributed by atoms with E-state index in [0.29, 0.717) is 31.0 Å². The third-order valence-corrected chi connectivity index (χ3v) is 10.2. The van der Waals surface area contributed by atoms with Crippen LogP contribution in [0.5, 0.6) is 5.75 Å². The summed E-state index contributed by atoms with van der Waals surface area (Å²) in [4.78, 5) is 42.8. The summed E-state index contributed by atoms with van der Waals surface area (Å²) < 4.78 is 18.2. The molecule has 2 aliphatic carbocycles. The second-order valence-electron chi connectivity index (χ2n) is 14.5. The van der Waals surface area contributed by atoms with Gasteiger partial charge in [-0.2, -0.15) is 0 Å². The third kappa shape index (κ3) is 6.96.